The van der Waals surface area contributed by atoms with Crippen molar-refractivity contribution >= 4 is 11.3 Å². The van der Waals surface area contributed by atoms with Crippen LogP contribution in [0.2, 0.25) is 0 Å². The van der Waals surface area contributed by atoms with E-state index in [-0.39, 0.29) is 0 Å². The molecule has 1 heterocycles. The summed E-state index contributed by atoms with van der Waals surface area (Å²) in [5.41, 5.74) is 0. The summed E-state index contributed by atoms with van der Waals surface area (Å²) in [6, 6.07) is 4.49. The standard InChI is InChI=1S/C14H25NO2S/c1-11(2)7-12(3)15-8-13(16)9-17-10-14-5-4-6-18-14/h4-6,11-13,15-16H,7-10H2,1-3H3. The van der Waals surface area contributed by atoms with Crippen molar-refractivity contribution in [1.29, 1.82) is 0 Å². The van der Waals surface area contributed by atoms with E-state index >= 15 is 0 Å². The zero-order chi connectivity index (χ0) is 13.4. The second kappa shape index (κ2) is 8.64. The van der Waals surface area contributed by atoms with Gasteiger partial charge in [-0.25, -0.2) is 0 Å². The molecule has 0 aromatic carbocycles. The van der Waals surface area contributed by atoms with Crippen LogP contribution >= 0.6 is 11.3 Å². The van der Waals surface area contributed by atoms with Crippen molar-refractivity contribution in [1.82, 2.24) is 5.32 Å². The fraction of sp³-hybridized carbons (Fsp3) is 0.714. The lowest BCUT2D eigenvalue weighted by Gasteiger charge is -2.18. The van der Waals surface area contributed by atoms with E-state index in [0.717, 1.165) is 6.42 Å². The first-order chi connectivity index (χ1) is 8.58. The molecule has 0 saturated heterocycles. The lowest BCUT2D eigenvalue weighted by molar-refractivity contribution is 0.0285. The summed E-state index contributed by atoms with van der Waals surface area (Å²) in [4.78, 5) is 1.20. The van der Waals surface area contributed by atoms with Crippen LogP contribution in [0.1, 0.15) is 32.1 Å². The minimum Gasteiger partial charge on any atom is -0.389 e. The molecule has 18 heavy (non-hydrogen) atoms. The highest BCUT2D eigenvalue weighted by atomic mass is 32.1. The summed E-state index contributed by atoms with van der Waals surface area (Å²) < 4.78 is 5.47. The number of nitrogens with one attached hydrogen (secondary N) is 1. The summed E-state index contributed by atoms with van der Waals surface area (Å²) in [5, 5.41) is 15.1. The third-order valence-electron chi connectivity index (χ3n) is 2.66. The Bertz CT molecular complexity index is 301. The van der Waals surface area contributed by atoms with Crippen LogP contribution in [0.5, 0.6) is 0 Å². The maximum absolute atomic E-state index is 9.78. The highest BCUT2D eigenvalue weighted by Crippen LogP contribution is 2.09. The van der Waals surface area contributed by atoms with Gasteiger partial charge in [0.25, 0.3) is 0 Å². The Morgan fingerprint density at radius 1 is 1.39 bits per heavy atom. The largest absolute Gasteiger partial charge is 0.389 e. The summed E-state index contributed by atoms with van der Waals surface area (Å²) in [6.45, 7) is 8.14. The molecule has 0 spiro atoms. The highest BCUT2D eigenvalue weighted by molar-refractivity contribution is 7.09. The van der Waals surface area contributed by atoms with Gasteiger partial charge in [-0.05, 0) is 30.7 Å². The monoisotopic (exact) mass is 271 g/mol. The molecular formula is C14H25NO2S. The smallest absolute Gasteiger partial charge is 0.0897 e. The van der Waals surface area contributed by atoms with Crippen molar-refractivity contribution in [2.24, 2.45) is 5.92 Å². The van der Waals surface area contributed by atoms with Gasteiger partial charge in [0, 0.05) is 17.5 Å². The van der Waals surface area contributed by atoms with Crippen LogP contribution < -0.4 is 5.32 Å². The molecule has 0 amide bonds. The van der Waals surface area contributed by atoms with E-state index in [9.17, 15) is 5.11 Å². The molecule has 0 aliphatic rings. The van der Waals surface area contributed by atoms with Crippen LogP contribution in [0.3, 0.4) is 0 Å². The Morgan fingerprint density at radius 2 is 2.17 bits per heavy atom. The van der Waals surface area contributed by atoms with Crippen molar-refractivity contribution in [2.45, 2.75) is 45.9 Å². The molecule has 1 rings (SSSR count). The third-order valence-corrected chi connectivity index (χ3v) is 3.51. The molecule has 0 bridgehead atoms. The van der Waals surface area contributed by atoms with Crippen LogP contribution in [0, 0.1) is 5.92 Å². The van der Waals surface area contributed by atoms with Gasteiger partial charge in [-0.3, -0.25) is 0 Å². The predicted octanol–water partition coefficient (Wildman–Crippen LogP) is 2.65. The van der Waals surface area contributed by atoms with Gasteiger partial charge in [0.15, 0.2) is 0 Å². The number of thiophene rings is 1. The first kappa shape index (κ1) is 15.6. The fourth-order valence-corrected chi connectivity index (χ4v) is 2.52. The third kappa shape index (κ3) is 7.11. The zero-order valence-electron chi connectivity index (χ0n) is 11.6. The van der Waals surface area contributed by atoms with Gasteiger partial charge in [-0.2, -0.15) is 0 Å². The maximum atomic E-state index is 9.78. The van der Waals surface area contributed by atoms with Crippen molar-refractivity contribution in [3.05, 3.63) is 22.4 Å². The Balaban J connectivity index is 2.04. The summed E-state index contributed by atoms with van der Waals surface area (Å²) >= 11 is 1.68. The normalized spacial score (nSPS) is 14.9. The van der Waals surface area contributed by atoms with Crippen LogP contribution in [0.25, 0.3) is 0 Å². The molecule has 0 saturated carbocycles. The Kier molecular flexibility index (Phi) is 7.51. The van der Waals surface area contributed by atoms with E-state index in [1.165, 1.54) is 4.88 Å². The molecule has 1 aromatic rings. The highest BCUT2D eigenvalue weighted by Gasteiger charge is 2.08. The van der Waals surface area contributed by atoms with E-state index in [2.05, 4.69) is 26.1 Å². The number of aliphatic hydroxyl groups is 1. The minimum atomic E-state index is -0.431. The topological polar surface area (TPSA) is 41.5 Å². The average Bonchev–Trinajstić information content (AvgIpc) is 2.78. The van der Waals surface area contributed by atoms with Gasteiger partial charge in [-0.1, -0.05) is 19.9 Å². The number of rotatable bonds is 9. The van der Waals surface area contributed by atoms with Crippen molar-refractivity contribution in [3.63, 3.8) is 0 Å². The van der Waals surface area contributed by atoms with Crippen molar-refractivity contribution < 1.29 is 9.84 Å². The van der Waals surface area contributed by atoms with Gasteiger partial charge < -0.3 is 15.2 Å². The van der Waals surface area contributed by atoms with Gasteiger partial charge in [-0.15, -0.1) is 11.3 Å². The molecule has 3 nitrogen and oxygen atoms in total. The van der Waals surface area contributed by atoms with E-state index in [1.54, 1.807) is 11.3 Å². The Labute approximate surface area is 114 Å². The molecule has 1 aromatic heterocycles. The lowest BCUT2D eigenvalue weighted by Crippen LogP contribution is -2.36. The molecule has 0 radical (unpaired) electrons. The van der Waals surface area contributed by atoms with E-state index < -0.39 is 6.10 Å². The molecule has 2 unspecified atom stereocenters. The molecular weight excluding hydrogens is 246 g/mol. The SMILES string of the molecule is CC(C)CC(C)NCC(O)COCc1cccs1. The lowest BCUT2D eigenvalue weighted by atomic mass is 10.1. The molecule has 0 aliphatic heterocycles. The Morgan fingerprint density at radius 3 is 2.78 bits per heavy atom. The fourth-order valence-electron chi connectivity index (χ4n) is 1.88. The number of hydrogen-bond donors (Lipinski definition) is 2. The first-order valence-electron chi connectivity index (χ1n) is 6.59. The van der Waals surface area contributed by atoms with Gasteiger partial charge in [0.1, 0.15) is 0 Å². The van der Waals surface area contributed by atoms with E-state index in [4.69, 9.17) is 4.74 Å². The van der Waals surface area contributed by atoms with Crippen LogP contribution in [0.15, 0.2) is 17.5 Å². The minimum absolute atomic E-state index is 0.388. The summed E-state index contributed by atoms with van der Waals surface area (Å²) in [5.74, 6) is 0.680. The van der Waals surface area contributed by atoms with Gasteiger partial charge in [0.2, 0.25) is 0 Å². The molecule has 4 heteroatoms. The van der Waals surface area contributed by atoms with Crippen LogP contribution in [-0.4, -0.2) is 30.4 Å². The number of ether oxygens (including phenoxy) is 1. The van der Waals surface area contributed by atoms with Crippen molar-refractivity contribution in [3.8, 4) is 0 Å². The molecule has 0 fully saturated rings. The van der Waals surface area contributed by atoms with Gasteiger partial charge in [0.05, 0.1) is 19.3 Å². The second-order valence-electron chi connectivity index (χ2n) is 5.19. The van der Waals surface area contributed by atoms with E-state index in [1.807, 2.05) is 17.5 Å². The molecule has 2 atom stereocenters. The maximum Gasteiger partial charge on any atom is 0.0897 e. The van der Waals surface area contributed by atoms with Crippen LogP contribution in [0.4, 0.5) is 0 Å². The van der Waals surface area contributed by atoms with Crippen molar-refractivity contribution in [2.75, 3.05) is 13.2 Å². The molecule has 104 valence electrons. The zero-order valence-corrected chi connectivity index (χ0v) is 12.4. The average molecular weight is 271 g/mol. The summed E-state index contributed by atoms with van der Waals surface area (Å²) in [6.07, 6.45) is 0.697. The molecule has 0 aliphatic carbocycles. The summed E-state index contributed by atoms with van der Waals surface area (Å²) in [7, 11) is 0. The van der Waals surface area contributed by atoms with Gasteiger partial charge >= 0.3 is 0 Å². The quantitative estimate of drug-likeness (QED) is 0.725. The molecule has 2 N–H and O–H groups in total. The number of aliphatic hydroxyl groups excluding tert-OH is 1. The second-order valence-corrected chi connectivity index (χ2v) is 6.22. The number of hydrogen-bond acceptors (Lipinski definition) is 4. The Hall–Kier alpha value is -0.420. The predicted molar refractivity (Wildman–Crippen MR) is 76.9 cm³/mol. The van der Waals surface area contributed by atoms with Crippen LogP contribution in [-0.2, 0) is 11.3 Å². The first-order valence-corrected chi connectivity index (χ1v) is 7.47. The van der Waals surface area contributed by atoms with E-state index in [0.29, 0.717) is 31.7 Å².